The predicted octanol–water partition coefficient (Wildman–Crippen LogP) is 3.03. The van der Waals surface area contributed by atoms with Gasteiger partial charge in [-0.1, -0.05) is 17.3 Å². The Balaban J connectivity index is 1.41. The Morgan fingerprint density at radius 3 is 2.50 bits per heavy atom. The summed E-state index contributed by atoms with van der Waals surface area (Å²) in [5.41, 5.74) is 2.83. The van der Waals surface area contributed by atoms with Crippen molar-refractivity contribution in [3.8, 4) is 11.5 Å². The van der Waals surface area contributed by atoms with Crippen molar-refractivity contribution in [2.45, 2.75) is 32.3 Å². The molecule has 1 amide bonds. The molecule has 180 valence electrons. The molecule has 2 aromatic carbocycles. The molecule has 0 aliphatic carbocycles. The van der Waals surface area contributed by atoms with Gasteiger partial charge in [0, 0.05) is 31.7 Å². The third kappa shape index (κ3) is 4.78. The van der Waals surface area contributed by atoms with Crippen molar-refractivity contribution in [2.24, 2.45) is 0 Å². The quantitative estimate of drug-likeness (QED) is 0.571. The smallest absolute Gasteiger partial charge is 0.254 e. The Labute approximate surface area is 198 Å². The fourth-order valence-electron chi connectivity index (χ4n) is 3.86. The molecule has 4 rings (SSSR count). The fourth-order valence-corrected chi connectivity index (χ4v) is 5.45. The molecule has 34 heavy (non-hydrogen) atoms. The van der Waals surface area contributed by atoms with Gasteiger partial charge in [0.1, 0.15) is 28.8 Å². The van der Waals surface area contributed by atoms with Crippen LogP contribution in [-0.2, 0) is 16.6 Å². The minimum absolute atomic E-state index is 0.115. The van der Waals surface area contributed by atoms with Crippen LogP contribution in [0.5, 0.6) is 11.5 Å². The van der Waals surface area contributed by atoms with Gasteiger partial charge < -0.3 is 19.3 Å². The second-order valence-corrected chi connectivity index (χ2v) is 10.2. The lowest BCUT2D eigenvalue weighted by Crippen LogP contribution is -2.50. The Kier molecular flexibility index (Phi) is 6.63. The first kappa shape index (κ1) is 23.8. The van der Waals surface area contributed by atoms with Gasteiger partial charge in [0.2, 0.25) is 10.0 Å². The maximum atomic E-state index is 13.1. The number of rotatable bonds is 6. The van der Waals surface area contributed by atoms with Crippen LogP contribution in [0, 0.1) is 20.8 Å². The van der Waals surface area contributed by atoms with Crippen molar-refractivity contribution in [1.29, 1.82) is 0 Å². The fraction of sp³-hybridized carbons (Fsp3) is 0.333. The van der Waals surface area contributed by atoms with E-state index in [9.17, 15) is 18.3 Å². The predicted molar refractivity (Wildman–Crippen MR) is 124 cm³/mol. The summed E-state index contributed by atoms with van der Waals surface area (Å²) in [7, 11) is -3.86. The number of aryl methyl sites for hydroxylation is 3. The van der Waals surface area contributed by atoms with Crippen LogP contribution < -0.4 is 4.74 Å². The molecule has 1 aromatic heterocycles. The molecule has 9 nitrogen and oxygen atoms in total. The van der Waals surface area contributed by atoms with E-state index in [0.29, 0.717) is 17.1 Å². The van der Waals surface area contributed by atoms with E-state index in [1.54, 1.807) is 42.2 Å². The third-order valence-corrected chi connectivity index (χ3v) is 7.83. The zero-order valence-corrected chi connectivity index (χ0v) is 20.1. The van der Waals surface area contributed by atoms with Crippen LogP contribution in [0.1, 0.15) is 32.9 Å². The first-order chi connectivity index (χ1) is 16.2. The standard InChI is InChI=1S/C24H27N3O6S/c1-16-7-8-22(28)23(13-16)34(30,31)27-11-9-26(10-12-27)24(29)19-5-4-6-20(14-19)32-15-21-17(2)25-33-18(21)3/h4-8,13-14,28H,9-12,15H2,1-3H3. The van der Waals surface area contributed by atoms with Crippen LogP contribution >= 0.6 is 0 Å². The number of sulfonamides is 1. The summed E-state index contributed by atoms with van der Waals surface area (Å²) >= 11 is 0. The van der Waals surface area contributed by atoms with Gasteiger partial charge in [-0.25, -0.2) is 8.42 Å². The molecule has 0 atom stereocenters. The van der Waals surface area contributed by atoms with Crippen molar-refractivity contribution in [3.63, 3.8) is 0 Å². The van der Waals surface area contributed by atoms with E-state index in [1.165, 1.54) is 16.4 Å². The summed E-state index contributed by atoms with van der Waals surface area (Å²) in [4.78, 5) is 14.6. The number of ether oxygens (including phenoxy) is 1. The average molecular weight is 486 g/mol. The minimum atomic E-state index is -3.86. The molecule has 2 heterocycles. The van der Waals surface area contributed by atoms with E-state index in [4.69, 9.17) is 9.26 Å². The third-order valence-electron chi connectivity index (χ3n) is 5.90. The highest BCUT2D eigenvalue weighted by Crippen LogP contribution is 2.28. The molecular formula is C24H27N3O6S. The Bertz CT molecular complexity index is 1290. The first-order valence-corrected chi connectivity index (χ1v) is 12.3. The summed E-state index contributed by atoms with van der Waals surface area (Å²) in [5.74, 6) is 0.759. The van der Waals surface area contributed by atoms with Crippen molar-refractivity contribution < 1.29 is 27.6 Å². The molecule has 3 aromatic rings. The van der Waals surface area contributed by atoms with Crippen molar-refractivity contribution >= 4 is 15.9 Å². The number of piperazine rings is 1. The second-order valence-electron chi connectivity index (χ2n) is 8.29. The maximum absolute atomic E-state index is 13.1. The second kappa shape index (κ2) is 9.47. The molecule has 1 fully saturated rings. The lowest BCUT2D eigenvalue weighted by atomic mass is 10.1. The SMILES string of the molecule is Cc1ccc(O)c(S(=O)(=O)N2CCN(C(=O)c3cccc(OCc4c(C)noc4C)c3)CC2)c1. The Morgan fingerprint density at radius 2 is 1.82 bits per heavy atom. The average Bonchev–Trinajstić information content (AvgIpc) is 3.16. The van der Waals surface area contributed by atoms with Gasteiger partial charge in [0.15, 0.2) is 0 Å². The Hall–Kier alpha value is -3.37. The highest BCUT2D eigenvalue weighted by molar-refractivity contribution is 7.89. The van der Waals surface area contributed by atoms with E-state index < -0.39 is 10.0 Å². The van der Waals surface area contributed by atoms with Crippen molar-refractivity contribution in [3.05, 3.63) is 70.6 Å². The first-order valence-electron chi connectivity index (χ1n) is 10.9. The van der Waals surface area contributed by atoms with Gasteiger partial charge in [-0.3, -0.25) is 4.79 Å². The normalized spacial score (nSPS) is 14.9. The van der Waals surface area contributed by atoms with E-state index >= 15 is 0 Å². The van der Waals surface area contributed by atoms with Gasteiger partial charge in [-0.2, -0.15) is 4.31 Å². The van der Waals surface area contributed by atoms with Gasteiger partial charge in [-0.05, 0) is 56.7 Å². The largest absolute Gasteiger partial charge is 0.507 e. The molecule has 1 aliphatic heterocycles. The van der Waals surface area contributed by atoms with E-state index in [-0.39, 0.29) is 49.3 Å². The highest BCUT2D eigenvalue weighted by Gasteiger charge is 2.32. The van der Waals surface area contributed by atoms with Crippen LogP contribution in [0.25, 0.3) is 0 Å². The molecule has 0 bridgehead atoms. The lowest BCUT2D eigenvalue weighted by molar-refractivity contribution is 0.0697. The van der Waals surface area contributed by atoms with Gasteiger partial charge in [0.25, 0.3) is 5.91 Å². The van der Waals surface area contributed by atoms with E-state index in [2.05, 4.69) is 5.16 Å². The van der Waals surface area contributed by atoms with Crippen LogP contribution in [0.4, 0.5) is 0 Å². The number of carbonyl (C=O) groups excluding carboxylic acids is 1. The van der Waals surface area contributed by atoms with Gasteiger partial charge in [-0.15, -0.1) is 0 Å². The summed E-state index contributed by atoms with van der Waals surface area (Å²) in [6, 6.07) is 11.4. The van der Waals surface area contributed by atoms with Crippen LogP contribution in [0.2, 0.25) is 0 Å². The van der Waals surface area contributed by atoms with Crippen molar-refractivity contribution in [1.82, 2.24) is 14.4 Å². The lowest BCUT2D eigenvalue weighted by Gasteiger charge is -2.34. The van der Waals surface area contributed by atoms with E-state index in [1.807, 2.05) is 13.8 Å². The number of carbonyl (C=O) groups is 1. The zero-order valence-electron chi connectivity index (χ0n) is 19.3. The molecule has 1 aliphatic rings. The van der Waals surface area contributed by atoms with Crippen LogP contribution in [0.3, 0.4) is 0 Å². The Morgan fingerprint density at radius 1 is 1.09 bits per heavy atom. The molecule has 1 saturated heterocycles. The number of hydrogen-bond acceptors (Lipinski definition) is 7. The topological polar surface area (TPSA) is 113 Å². The van der Waals surface area contributed by atoms with Crippen molar-refractivity contribution in [2.75, 3.05) is 26.2 Å². The zero-order chi connectivity index (χ0) is 24.5. The molecule has 0 radical (unpaired) electrons. The molecule has 0 saturated carbocycles. The summed E-state index contributed by atoms with van der Waals surface area (Å²) in [6.45, 7) is 6.48. The molecular weight excluding hydrogens is 458 g/mol. The number of nitrogens with zero attached hydrogens (tertiary/aromatic N) is 3. The van der Waals surface area contributed by atoms with Crippen LogP contribution in [-0.4, -0.2) is 60.0 Å². The molecule has 0 spiro atoms. The molecule has 0 unspecified atom stereocenters. The molecule has 1 N–H and O–H groups in total. The van der Waals surface area contributed by atoms with Gasteiger partial charge >= 0.3 is 0 Å². The molecule has 10 heteroatoms. The number of aromatic nitrogens is 1. The highest BCUT2D eigenvalue weighted by atomic mass is 32.2. The summed E-state index contributed by atoms with van der Waals surface area (Å²) in [5, 5.41) is 14.0. The number of amides is 1. The monoisotopic (exact) mass is 485 g/mol. The maximum Gasteiger partial charge on any atom is 0.254 e. The number of benzene rings is 2. The number of phenols is 1. The number of aromatic hydroxyl groups is 1. The summed E-state index contributed by atoms with van der Waals surface area (Å²) < 4.78 is 38.3. The van der Waals surface area contributed by atoms with Crippen LogP contribution in [0.15, 0.2) is 51.9 Å². The summed E-state index contributed by atoms with van der Waals surface area (Å²) in [6.07, 6.45) is 0. The number of hydrogen-bond donors (Lipinski definition) is 1. The minimum Gasteiger partial charge on any atom is -0.507 e. The number of phenolic OH excluding ortho intramolecular Hbond substituents is 1. The van der Waals surface area contributed by atoms with Gasteiger partial charge in [0.05, 0.1) is 11.3 Å². The van der Waals surface area contributed by atoms with E-state index in [0.717, 1.165) is 16.8 Å².